The molecule has 13 heteroatoms. The average Bonchev–Trinajstić information content (AvgIpc) is 3.14. The monoisotopic (exact) mass is 522 g/mol. The standard InChI is InChI=1S/C23H18F4N4O4S/c1-12-16(23(25,26)27)11-28-22(35-17-6-7-18(24)29-13(17)2)20(12)21(33)30-14-4-3-5-15(10-14)36(34)9-8-19(32)31-36/h3-7,10-11H,8-9H2,1-2H3,(H,30,33)/t36-/m0/s1. The quantitative estimate of drug-likeness (QED) is 0.371. The van der Waals surface area contributed by atoms with E-state index in [4.69, 9.17) is 4.74 Å². The van der Waals surface area contributed by atoms with Gasteiger partial charge in [0.2, 0.25) is 11.8 Å². The van der Waals surface area contributed by atoms with Crippen LogP contribution in [0.15, 0.2) is 51.9 Å². The van der Waals surface area contributed by atoms with Crippen molar-refractivity contribution in [2.75, 3.05) is 11.1 Å². The fourth-order valence-corrected chi connectivity index (χ4v) is 5.46. The molecule has 1 aromatic carbocycles. The fraction of sp³-hybridized carbons (Fsp3) is 0.217. The Hall–Kier alpha value is -3.87. The molecule has 8 nitrogen and oxygen atoms in total. The lowest BCUT2D eigenvalue weighted by molar-refractivity contribution is -0.138. The van der Waals surface area contributed by atoms with Crippen molar-refractivity contribution >= 4 is 27.2 Å². The Morgan fingerprint density at radius 2 is 1.92 bits per heavy atom. The average molecular weight is 522 g/mol. The van der Waals surface area contributed by atoms with Gasteiger partial charge in [-0.2, -0.15) is 21.9 Å². The maximum absolute atomic E-state index is 13.6. The Kier molecular flexibility index (Phi) is 6.52. The maximum atomic E-state index is 13.6. The second kappa shape index (κ2) is 9.30. The first-order valence-electron chi connectivity index (χ1n) is 10.4. The second-order valence-electron chi connectivity index (χ2n) is 7.86. The lowest BCUT2D eigenvalue weighted by Crippen LogP contribution is -2.19. The van der Waals surface area contributed by atoms with E-state index in [1.807, 2.05) is 0 Å². The van der Waals surface area contributed by atoms with Gasteiger partial charge in [0.1, 0.15) is 5.56 Å². The number of nitrogens with zero attached hydrogens (tertiary/aromatic N) is 3. The van der Waals surface area contributed by atoms with Crippen molar-refractivity contribution in [3.05, 3.63) is 70.9 Å². The zero-order chi connectivity index (χ0) is 26.3. The van der Waals surface area contributed by atoms with E-state index in [0.29, 0.717) is 6.20 Å². The Morgan fingerprint density at radius 3 is 2.56 bits per heavy atom. The molecule has 0 spiro atoms. The minimum absolute atomic E-state index is 0.0106. The summed E-state index contributed by atoms with van der Waals surface area (Å²) in [5.41, 5.74) is -1.90. The van der Waals surface area contributed by atoms with Crippen molar-refractivity contribution in [1.82, 2.24) is 9.97 Å². The van der Waals surface area contributed by atoms with Crippen LogP contribution in [0.2, 0.25) is 0 Å². The summed E-state index contributed by atoms with van der Waals surface area (Å²) in [6.45, 7) is 2.51. The zero-order valence-corrected chi connectivity index (χ0v) is 19.7. The number of ether oxygens (including phenoxy) is 1. The van der Waals surface area contributed by atoms with E-state index < -0.39 is 56.2 Å². The topological polar surface area (TPSA) is 111 Å². The number of benzene rings is 1. The van der Waals surface area contributed by atoms with Gasteiger partial charge in [-0.1, -0.05) is 6.07 Å². The van der Waals surface area contributed by atoms with Crippen LogP contribution in [-0.2, 0) is 20.7 Å². The van der Waals surface area contributed by atoms with Crippen molar-refractivity contribution in [3.63, 3.8) is 0 Å². The van der Waals surface area contributed by atoms with Crippen LogP contribution in [0.1, 0.15) is 33.6 Å². The first kappa shape index (κ1) is 25.2. The number of nitrogens with one attached hydrogen (secondary N) is 1. The van der Waals surface area contributed by atoms with Crippen LogP contribution in [0, 0.1) is 19.8 Å². The lowest BCUT2D eigenvalue weighted by Gasteiger charge is -2.17. The normalized spacial score (nSPS) is 17.6. The molecule has 2 aromatic heterocycles. The van der Waals surface area contributed by atoms with Gasteiger partial charge in [-0.05, 0) is 49.7 Å². The number of amides is 2. The van der Waals surface area contributed by atoms with Gasteiger partial charge in [0.25, 0.3) is 11.8 Å². The SMILES string of the molecule is Cc1nc(F)ccc1Oc1ncc(C(F)(F)F)c(C)c1C(=O)Nc1cccc([S@]2(=O)=NC(=O)CC2)c1. The molecule has 1 aliphatic heterocycles. The van der Waals surface area contributed by atoms with Crippen LogP contribution in [-0.4, -0.2) is 31.7 Å². The molecule has 0 bridgehead atoms. The Balaban J connectivity index is 1.74. The molecule has 1 N–H and O–H groups in total. The molecule has 0 aliphatic carbocycles. The van der Waals surface area contributed by atoms with E-state index in [9.17, 15) is 31.4 Å². The van der Waals surface area contributed by atoms with Crippen molar-refractivity contribution in [2.45, 2.75) is 31.3 Å². The van der Waals surface area contributed by atoms with E-state index >= 15 is 0 Å². The zero-order valence-electron chi connectivity index (χ0n) is 18.9. The highest BCUT2D eigenvalue weighted by Gasteiger charge is 2.36. The Bertz CT molecular complexity index is 1510. The summed E-state index contributed by atoms with van der Waals surface area (Å²) < 4.78 is 76.2. The molecule has 0 saturated heterocycles. The van der Waals surface area contributed by atoms with Crippen LogP contribution >= 0.6 is 0 Å². The summed E-state index contributed by atoms with van der Waals surface area (Å²) in [6, 6.07) is 7.93. The molecule has 0 radical (unpaired) electrons. The first-order valence-corrected chi connectivity index (χ1v) is 12.1. The maximum Gasteiger partial charge on any atom is 0.418 e. The number of hydrogen-bond donors (Lipinski definition) is 1. The minimum atomic E-state index is -4.80. The molecule has 188 valence electrons. The van der Waals surface area contributed by atoms with Crippen LogP contribution in [0.5, 0.6) is 11.6 Å². The van der Waals surface area contributed by atoms with Gasteiger partial charge in [-0.25, -0.2) is 14.2 Å². The van der Waals surface area contributed by atoms with Gasteiger partial charge in [-0.3, -0.25) is 9.59 Å². The third kappa shape index (κ3) is 5.05. The number of aromatic nitrogens is 2. The molecular weight excluding hydrogens is 504 g/mol. The molecule has 36 heavy (non-hydrogen) atoms. The molecule has 2 amide bonds. The summed E-state index contributed by atoms with van der Waals surface area (Å²) in [7, 11) is -3.00. The molecule has 0 saturated carbocycles. The molecule has 1 aliphatic rings. The number of pyridine rings is 2. The van der Waals surface area contributed by atoms with Crippen LogP contribution in [0.3, 0.4) is 0 Å². The van der Waals surface area contributed by atoms with Crippen molar-refractivity contribution in [2.24, 2.45) is 4.36 Å². The third-order valence-corrected chi connectivity index (χ3v) is 7.59. The van der Waals surface area contributed by atoms with E-state index in [1.54, 1.807) is 0 Å². The molecule has 0 unspecified atom stereocenters. The van der Waals surface area contributed by atoms with Gasteiger partial charge in [0.15, 0.2) is 5.75 Å². The summed E-state index contributed by atoms with van der Waals surface area (Å²) in [5, 5.41) is 2.47. The molecule has 4 rings (SSSR count). The number of carbonyl (C=O) groups excluding carboxylic acids is 2. The predicted octanol–water partition coefficient (Wildman–Crippen LogP) is 5.05. The van der Waals surface area contributed by atoms with E-state index in [0.717, 1.165) is 13.0 Å². The fourth-order valence-electron chi connectivity index (χ4n) is 3.56. The third-order valence-electron chi connectivity index (χ3n) is 5.35. The largest absolute Gasteiger partial charge is 0.436 e. The van der Waals surface area contributed by atoms with Gasteiger partial charge < -0.3 is 10.1 Å². The van der Waals surface area contributed by atoms with E-state index in [2.05, 4.69) is 19.6 Å². The molecular formula is C23H18F4N4O4S. The van der Waals surface area contributed by atoms with Gasteiger partial charge in [0.05, 0.1) is 21.0 Å². The second-order valence-corrected chi connectivity index (χ2v) is 10.2. The number of rotatable bonds is 5. The Labute approximate surface area is 202 Å². The lowest BCUT2D eigenvalue weighted by atomic mass is 10.0. The number of halogens is 4. The highest BCUT2D eigenvalue weighted by molar-refractivity contribution is 7.94. The summed E-state index contributed by atoms with van der Waals surface area (Å²) in [6.07, 6.45) is -4.23. The van der Waals surface area contributed by atoms with Gasteiger partial charge in [-0.15, -0.1) is 0 Å². The van der Waals surface area contributed by atoms with Crippen molar-refractivity contribution in [1.29, 1.82) is 0 Å². The van der Waals surface area contributed by atoms with Crippen LogP contribution in [0.4, 0.5) is 23.2 Å². The Morgan fingerprint density at radius 1 is 1.17 bits per heavy atom. The molecule has 3 aromatic rings. The molecule has 0 fully saturated rings. The number of alkyl halides is 3. The van der Waals surface area contributed by atoms with Gasteiger partial charge in [0, 0.05) is 29.0 Å². The summed E-state index contributed by atoms with van der Waals surface area (Å²) in [4.78, 5) is 32.2. The smallest absolute Gasteiger partial charge is 0.418 e. The van der Waals surface area contributed by atoms with E-state index in [-0.39, 0.29) is 34.2 Å². The van der Waals surface area contributed by atoms with Gasteiger partial charge >= 0.3 is 6.18 Å². The highest BCUT2D eigenvalue weighted by atomic mass is 32.2. The summed E-state index contributed by atoms with van der Waals surface area (Å²) in [5.74, 6) is -2.70. The van der Waals surface area contributed by atoms with E-state index in [1.165, 1.54) is 37.3 Å². The van der Waals surface area contributed by atoms with Crippen LogP contribution in [0.25, 0.3) is 0 Å². The number of hydrogen-bond acceptors (Lipinski definition) is 6. The van der Waals surface area contributed by atoms with Crippen molar-refractivity contribution in [3.8, 4) is 11.6 Å². The highest BCUT2D eigenvalue weighted by Crippen LogP contribution is 2.37. The number of carbonyl (C=O) groups is 2. The molecule has 3 heterocycles. The first-order chi connectivity index (χ1) is 16.9. The number of anilines is 1. The predicted molar refractivity (Wildman–Crippen MR) is 121 cm³/mol. The van der Waals surface area contributed by atoms with Crippen molar-refractivity contribution < 1.29 is 36.1 Å². The van der Waals surface area contributed by atoms with Crippen LogP contribution < -0.4 is 10.1 Å². The number of aryl methyl sites for hydroxylation is 1. The molecule has 1 atom stereocenters. The minimum Gasteiger partial charge on any atom is -0.436 e. The summed E-state index contributed by atoms with van der Waals surface area (Å²) >= 11 is 0.